The third kappa shape index (κ3) is 4.89. The first kappa shape index (κ1) is 18.9. The highest BCUT2D eigenvalue weighted by Gasteiger charge is 2.25. The van der Waals surface area contributed by atoms with Crippen LogP contribution in [0.5, 0.6) is 0 Å². The molecular formula is C20H33N5O2. The van der Waals surface area contributed by atoms with Crippen molar-refractivity contribution in [2.75, 3.05) is 75.4 Å². The Morgan fingerprint density at radius 1 is 0.926 bits per heavy atom. The van der Waals surface area contributed by atoms with Crippen LogP contribution in [0.15, 0.2) is 12.4 Å². The molecule has 0 aromatic carbocycles. The summed E-state index contributed by atoms with van der Waals surface area (Å²) in [4.78, 5) is 16.4. The minimum Gasteiger partial charge on any atom is -0.396 e. The molecule has 1 aromatic heterocycles. The first-order valence-corrected chi connectivity index (χ1v) is 10.5. The minimum atomic E-state index is 0.268. The van der Waals surface area contributed by atoms with Crippen molar-refractivity contribution in [2.24, 2.45) is 11.8 Å². The van der Waals surface area contributed by atoms with Crippen molar-refractivity contribution in [1.29, 1.82) is 0 Å². The van der Waals surface area contributed by atoms with Crippen LogP contribution in [0.3, 0.4) is 0 Å². The highest BCUT2D eigenvalue weighted by atomic mass is 16.5. The van der Waals surface area contributed by atoms with E-state index in [1.54, 1.807) is 6.33 Å². The van der Waals surface area contributed by atoms with Crippen molar-refractivity contribution in [3.8, 4) is 0 Å². The number of piperidine rings is 2. The van der Waals surface area contributed by atoms with Crippen molar-refractivity contribution < 1.29 is 9.84 Å². The summed E-state index contributed by atoms with van der Waals surface area (Å²) >= 11 is 0. The van der Waals surface area contributed by atoms with Crippen LogP contribution in [0.2, 0.25) is 0 Å². The number of aliphatic hydroxyl groups excluding tert-OH is 1. The van der Waals surface area contributed by atoms with E-state index in [0.29, 0.717) is 11.8 Å². The molecule has 7 nitrogen and oxygen atoms in total. The van der Waals surface area contributed by atoms with Gasteiger partial charge in [0, 0.05) is 58.5 Å². The molecule has 1 N–H and O–H groups in total. The van der Waals surface area contributed by atoms with Gasteiger partial charge in [0.05, 0.1) is 13.2 Å². The lowest BCUT2D eigenvalue weighted by molar-refractivity contribution is 0.0296. The number of nitrogens with zero attached hydrogens (tertiary/aromatic N) is 5. The zero-order valence-corrected chi connectivity index (χ0v) is 16.3. The van der Waals surface area contributed by atoms with Gasteiger partial charge in [-0.05, 0) is 37.5 Å². The number of rotatable bonds is 5. The van der Waals surface area contributed by atoms with Gasteiger partial charge in [-0.2, -0.15) is 0 Å². The number of morpholine rings is 1. The molecule has 2 unspecified atom stereocenters. The van der Waals surface area contributed by atoms with Gasteiger partial charge in [0.25, 0.3) is 0 Å². The minimum absolute atomic E-state index is 0.268. The van der Waals surface area contributed by atoms with Crippen LogP contribution >= 0.6 is 0 Å². The van der Waals surface area contributed by atoms with Gasteiger partial charge < -0.3 is 19.6 Å². The van der Waals surface area contributed by atoms with E-state index in [1.165, 1.54) is 19.4 Å². The van der Waals surface area contributed by atoms with E-state index in [0.717, 1.165) is 77.0 Å². The summed E-state index contributed by atoms with van der Waals surface area (Å²) in [7, 11) is 0. The smallest absolute Gasteiger partial charge is 0.134 e. The van der Waals surface area contributed by atoms with Crippen molar-refractivity contribution in [3.63, 3.8) is 0 Å². The van der Waals surface area contributed by atoms with Crippen LogP contribution in [0, 0.1) is 11.8 Å². The van der Waals surface area contributed by atoms with Crippen LogP contribution in [0.25, 0.3) is 0 Å². The molecule has 0 bridgehead atoms. The molecular weight excluding hydrogens is 342 g/mol. The van der Waals surface area contributed by atoms with E-state index in [9.17, 15) is 5.11 Å². The van der Waals surface area contributed by atoms with Crippen LogP contribution in [-0.4, -0.2) is 85.6 Å². The van der Waals surface area contributed by atoms with Crippen molar-refractivity contribution in [1.82, 2.24) is 14.9 Å². The zero-order chi connectivity index (χ0) is 18.5. The van der Waals surface area contributed by atoms with E-state index in [4.69, 9.17) is 4.74 Å². The first-order chi connectivity index (χ1) is 13.3. The molecule has 4 heterocycles. The lowest BCUT2D eigenvalue weighted by Gasteiger charge is -2.38. The van der Waals surface area contributed by atoms with Crippen molar-refractivity contribution in [3.05, 3.63) is 12.4 Å². The Balaban J connectivity index is 1.38. The number of aliphatic hydroxyl groups is 1. The standard InChI is InChI=1S/C20H33N5O2/c26-15-18-4-2-6-25(14-18)20-11-19(21-16-22-20)24-5-1-3-17(13-24)12-23-7-9-27-10-8-23/h11,16-18,26H,1-10,12-15H2. The number of ether oxygens (including phenoxy) is 1. The van der Waals surface area contributed by atoms with E-state index in [2.05, 4.69) is 30.7 Å². The third-order valence-electron chi connectivity index (χ3n) is 6.20. The summed E-state index contributed by atoms with van der Waals surface area (Å²) in [5.74, 6) is 3.13. The Labute approximate surface area is 162 Å². The van der Waals surface area contributed by atoms with E-state index < -0.39 is 0 Å². The van der Waals surface area contributed by atoms with Gasteiger partial charge in [-0.3, -0.25) is 4.90 Å². The molecule has 3 aliphatic heterocycles. The van der Waals surface area contributed by atoms with E-state index in [1.807, 2.05) is 0 Å². The fraction of sp³-hybridized carbons (Fsp3) is 0.800. The molecule has 4 rings (SSSR count). The molecule has 1 aromatic rings. The Bertz CT molecular complexity index is 595. The second kappa shape index (κ2) is 9.17. The largest absolute Gasteiger partial charge is 0.396 e. The summed E-state index contributed by atoms with van der Waals surface area (Å²) in [6, 6.07) is 2.15. The van der Waals surface area contributed by atoms with Crippen molar-refractivity contribution in [2.45, 2.75) is 25.7 Å². The Morgan fingerprint density at radius 2 is 1.56 bits per heavy atom. The van der Waals surface area contributed by atoms with Gasteiger partial charge in [0.1, 0.15) is 18.0 Å². The average molecular weight is 376 g/mol. The summed E-state index contributed by atoms with van der Waals surface area (Å²) in [6.45, 7) is 9.38. The van der Waals surface area contributed by atoms with Crippen LogP contribution < -0.4 is 9.80 Å². The molecule has 0 spiro atoms. The lowest BCUT2D eigenvalue weighted by Crippen LogP contribution is -2.44. The number of hydrogen-bond acceptors (Lipinski definition) is 7. The van der Waals surface area contributed by atoms with E-state index in [-0.39, 0.29) is 6.61 Å². The van der Waals surface area contributed by atoms with Crippen LogP contribution in [-0.2, 0) is 4.74 Å². The predicted molar refractivity (Wildman–Crippen MR) is 106 cm³/mol. The van der Waals surface area contributed by atoms with Gasteiger partial charge >= 0.3 is 0 Å². The molecule has 150 valence electrons. The summed E-state index contributed by atoms with van der Waals surface area (Å²) in [5, 5.41) is 9.50. The molecule has 0 amide bonds. The summed E-state index contributed by atoms with van der Waals surface area (Å²) in [5.41, 5.74) is 0. The Hall–Kier alpha value is -1.44. The highest BCUT2D eigenvalue weighted by molar-refractivity contribution is 5.50. The SMILES string of the molecule is OCC1CCCN(c2cc(N3CCCC(CN4CCOCC4)C3)ncn2)C1. The van der Waals surface area contributed by atoms with Gasteiger partial charge in [0.15, 0.2) is 0 Å². The molecule has 0 saturated carbocycles. The van der Waals surface area contributed by atoms with Crippen molar-refractivity contribution >= 4 is 11.6 Å². The molecule has 27 heavy (non-hydrogen) atoms. The number of hydrogen-bond donors (Lipinski definition) is 1. The lowest BCUT2D eigenvalue weighted by atomic mass is 9.97. The monoisotopic (exact) mass is 375 g/mol. The second-order valence-corrected chi connectivity index (χ2v) is 8.24. The normalized spacial score (nSPS) is 27.7. The summed E-state index contributed by atoms with van der Waals surface area (Å²) < 4.78 is 5.48. The quantitative estimate of drug-likeness (QED) is 0.830. The maximum atomic E-state index is 9.50. The molecule has 0 aliphatic carbocycles. The molecule has 7 heteroatoms. The topological polar surface area (TPSA) is 65.0 Å². The Morgan fingerprint density at radius 3 is 2.22 bits per heavy atom. The number of aromatic nitrogens is 2. The fourth-order valence-corrected chi connectivity index (χ4v) is 4.68. The van der Waals surface area contributed by atoms with Gasteiger partial charge in [-0.1, -0.05) is 0 Å². The molecule has 3 aliphatic rings. The second-order valence-electron chi connectivity index (χ2n) is 8.24. The molecule has 0 radical (unpaired) electrons. The maximum Gasteiger partial charge on any atom is 0.134 e. The van der Waals surface area contributed by atoms with Crippen LogP contribution in [0.1, 0.15) is 25.7 Å². The Kier molecular flexibility index (Phi) is 6.42. The average Bonchev–Trinajstić information content (AvgIpc) is 2.75. The number of anilines is 2. The van der Waals surface area contributed by atoms with Gasteiger partial charge in [0.2, 0.25) is 0 Å². The van der Waals surface area contributed by atoms with E-state index >= 15 is 0 Å². The van der Waals surface area contributed by atoms with Crippen LogP contribution in [0.4, 0.5) is 11.6 Å². The summed E-state index contributed by atoms with van der Waals surface area (Å²) in [6.07, 6.45) is 6.47. The zero-order valence-electron chi connectivity index (χ0n) is 16.3. The van der Waals surface area contributed by atoms with Gasteiger partial charge in [-0.15, -0.1) is 0 Å². The molecule has 3 saturated heterocycles. The highest BCUT2D eigenvalue weighted by Crippen LogP contribution is 2.27. The van der Waals surface area contributed by atoms with Gasteiger partial charge in [-0.25, -0.2) is 9.97 Å². The molecule has 3 fully saturated rings. The fourth-order valence-electron chi connectivity index (χ4n) is 4.68. The maximum absolute atomic E-state index is 9.50. The molecule has 2 atom stereocenters. The predicted octanol–water partition coefficient (Wildman–Crippen LogP) is 1.23. The third-order valence-corrected chi connectivity index (χ3v) is 6.20. The first-order valence-electron chi connectivity index (χ1n) is 10.5.